The summed E-state index contributed by atoms with van der Waals surface area (Å²) in [5, 5.41) is 7.15. The predicted molar refractivity (Wildman–Crippen MR) is 60.0 cm³/mol. The summed E-state index contributed by atoms with van der Waals surface area (Å²) in [6, 6.07) is 8.09. The molecule has 0 amide bonds. The van der Waals surface area contributed by atoms with Gasteiger partial charge in [0.1, 0.15) is 5.75 Å². The van der Waals surface area contributed by atoms with E-state index < -0.39 is 0 Å². The molecule has 0 saturated carbocycles. The number of rotatable bonds is 2. The Morgan fingerprint density at radius 1 is 1.20 bits per heavy atom. The molecular weight excluding hydrogens is 188 g/mol. The minimum Gasteiger partial charge on any atom is -0.496 e. The first-order valence-corrected chi connectivity index (χ1v) is 4.87. The summed E-state index contributed by atoms with van der Waals surface area (Å²) in [5.41, 5.74) is 4.27. The highest BCUT2D eigenvalue weighted by Gasteiger charge is 2.04. The third-order valence-electron chi connectivity index (χ3n) is 2.40. The first kappa shape index (κ1) is 9.77. The fourth-order valence-electron chi connectivity index (χ4n) is 1.60. The van der Waals surface area contributed by atoms with Gasteiger partial charge in [0.2, 0.25) is 0 Å². The molecule has 0 saturated heterocycles. The van der Waals surface area contributed by atoms with E-state index >= 15 is 0 Å². The van der Waals surface area contributed by atoms with Crippen LogP contribution in [0.5, 0.6) is 5.75 Å². The molecule has 78 valence electrons. The van der Waals surface area contributed by atoms with Crippen LogP contribution in [-0.4, -0.2) is 17.3 Å². The van der Waals surface area contributed by atoms with Crippen LogP contribution in [0.4, 0.5) is 0 Å². The minimum atomic E-state index is 0.908. The third-order valence-corrected chi connectivity index (χ3v) is 2.40. The maximum absolute atomic E-state index is 5.21. The number of aryl methyl sites for hydroxylation is 2. The summed E-state index contributed by atoms with van der Waals surface area (Å²) in [4.78, 5) is 0. The number of methoxy groups -OCH3 is 1. The van der Waals surface area contributed by atoms with Gasteiger partial charge in [-0.1, -0.05) is 0 Å². The Morgan fingerprint density at radius 2 is 2.00 bits per heavy atom. The molecule has 2 aromatic rings. The second-order valence-corrected chi connectivity index (χ2v) is 3.62. The lowest BCUT2D eigenvalue weighted by Crippen LogP contribution is -1.87. The zero-order valence-electron chi connectivity index (χ0n) is 9.16. The lowest BCUT2D eigenvalue weighted by molar-refractivity contribution is 0.412. The Labute approximate surface area is 89.1 Å². The van der Waals surface area contributed by atoms with Gasteiger partial charge in [-0.15, -0.1) is 0 Å². The van der Waals surface area contributed by atoms with Crippen LogP contribution in [0.15, 0.2) is 24.3 Å². The van der Waals surface area contributed by atoms with Crippen molar-refractivity contribution in [3.05, 3.63) is 35.5 Å². The van der Waals surface area contributed by atoms with Gasteiger partial charge in [-0.05, 0) is 43.7 Å². The van der Waals surface area contributed by atoms with Gasteiger partial charge in [0.25, 0.3) is 0 Å². The Bertz CT molecular complexity index is 474. The summed E-state index contributed by atoms with van der Waals surface area (Å²) in [5.74, 6) is 0.908. The SMILES string of the molecule is COc1ccc(-c2cc(C)[nH]n2)cc1C. The minimum absolute atomic E-state index is 0.908. The maximum Gasteiger partial charge on any atom is 0.121 e. The maximum atomic E-state index is 5.21. The number of aromatic nitrogens is 2. The highest BCUT2D eigenvalue weighted by Crippen LogP contribution is 2.24. The van der Waals surface area contributed by atoms with E-state index in [1.54, 1.807) is 7.11 Å². The van der Waals surface area contributed by atoms with Crippen LogP contribution >= 0.6 is 0 Å². The Morgan fingerprint density at radius 3 is 2.53 bits per heavy atom. The first-order valence-electron chi connectivity index (χ1n) is 4.87. The quantitative estimate of drug-likeness (QED) is 0.813. The van der Waals surface area contributed by atoms with Crippen LogP contribution in [0.2, 0.25) is 0 Å². The van der Waals surface area contributed by atoms with E-state index in [9.17, 15) is 0 Å². The van der Waals surface area contributed by atoms with Crippen molar-refractivity contribution in [3.63, 3.8) is 0 Å². The van der Waals surface area contributed by atoms with Crippen molar-refractivity contribution < 1.29 is 4.74 Å². The van der Waals surface area contributed by atoms with Gasteiger partial charge < -0.3 is 4.74 Å². The average Bonchev–Trinajstić information content (AvgIpc) is 2.65. The normalized spacial score (nSPS) is 10.3. The molecule has 0 spiro atoms. The van der Waals surface area contributed by atoms with Crippen molar-refractivity contribution >= 4 is 0 Å². The van der Waals surface area contributed by atoms with E-state index in [0.717, 1.165) is 28.3 Å². The Hall–Kier alpha value is -1.77. The third kappa shape index (κ3) is 1.86. The molecule has 1 aromatic heterocycles. The summed E-state index contributed by atoms with van der Waals surface area (Å²) in [6.07, 6.45) is 0. The van der Waals surface area contributed by atoms with Gasteiger partial charge in [0, 0.05) is 11.3 Å². The number of H-pyrrole nitrogens is 1. The average molecular weight is 202 g/mol. The van der Waals surface area contributed by atoms with Gasteiger partial charge in [0.05, 0.1) is 12.8 Å². The predicted octanol–water partition coefficient (Wildman–Crippen LogP) is 2.70. The number of hydrogen-bond donors (Lipinski definition) is 1. The van der Waals surface area contributed by atoms with Crippen LogP contribution in [-0.2, 0) is 0 Å². The molecule has 1 aromatic carbocycles. The number of benzene rings is 1. The second-order valence-electron chi connectivity index (χ2n) is 3.62. The second kappa shape index (κ2) is 3.77. The number of aromatic amines is 1. The van der Waals surface area contributed by atoms with Crippen LogP contribution < -0.4 is 4.74 Å². The fourth-order valence-corrected chi connectivity index (χ4v) is 1.60. The van der Waals surface area contributed by atoms with Crippen LogP contribution in [0.1, 0.15) is 11.3 Å². The molecule has 3 nitrogen and oxygen atoms in total. The molecule has 1 heterocycles. The van der Waals surface area contributed by atoms with Gasteiger partial charge in [-0.3, -0.25) is 5.10 Å². The smallest absolute Gasteiger partial charge is 0.121 e. The monoisotopic (exact) mass is 202 g/mol. The molecule has 0 aliphatic heterocycles. The van der Waals surface area contributed by atoms with Crippen LogP contribution in [0.3, 0.4) is 0 Å². The number of hydrogen-bond acceptors (Lipinski definition) is 2. The van der Waals surface area contributed by atoms with Gasteiger partial charge in [-0.2, -0.15) is 5.10 Å². The Kier molecular flexibility index (Phi) is 2.46. The number of nitrogens with one attached hydrogen (secondary N) is 1. The first-order chi connectivity index (χ1) is 7.20. The summed E-state index contributed by atoms with van der Waals surface area (Å²) in [7, 11) is 1.68. The van der Waals surface area contributed by atoms with Crippen molar-refractivity contribution in [2.75, 3.05) is 7.11 Å². The van der Waals surface area contributed by atoms with Gasteiger partial charge >= 0.3 is 0 Å². The van der Waals surface area contributed by atoms with Crippen molar-refractivity contribution in [1.29, 1.82) is 0 Å². The standard InChI is InChI=1S/C12H14N2O/c1-8-6-10(4-5-12(8)15-3)11-7-9(2)13-14-11/h4-7H,1-3H3,(H,13,14). The lowest BCUT2D eigenvalue weighted by atomic mass is 10.1. The van der Waals surface area contributed by atoms with Crippen molar-refractivity contribution in [1.82, 2.24) is 10.2 Å². The van der Waals surface area contributed by atoms with Crippen molar-refractivity contribution in [2.45, 2.75) is 13.8 Å². The molecule has 0 aliphatic rings. The molecule has 15 heavy (non-hydrogen) atoms. The lowest BCUT2D eigenvalue weighted by Gasteiger charge is -2.05. The van der Waals surface area contributed by atoms with E-state index in [0.29, 0.717) is 0 Å². The number of nitrogens with zero attached hydrogens (tertiary/aromatic N) is 1. The van der Waals surface area contributed by atoms with E-state index in [2.05, 4.69) is 16.3 Å². The largest absolute Gasteiger partial charge is 0.496 e. The van der Waals surface area contributed by atoms with Gasteiger partial charge in [-0.25, -0.2) is 0 Å². The van der Waals surface area contributed by atoms with Crippen LogP contribution in [0.25, 0.3) is 11.3 Å². The Balaban J connectivity index is 2.42. The molecule has 0 aliphatic carbocycles. The summed E-state index contributed by atoms with van der Waals surface area (Å²) in [6.45, 7) is 4.02. The highest BCUT2D eigenvalue weighted by molar-refractivity contribution is 5.62. The summed E-state index contributed by atoms with van der Waals surface area (Å²) < 4.78 is 5.21. The number of ether oxygens (including phenoxy) is 1. The molecule has 0 atom stereocenters. The van der Waals surface area contributed by atoms with E-state index in [-0.39, 0.29) is 0 Å². The van der Waals surface area contributed by atoms with Crippen molar-refractivity contribution in [2.24, 2.45) is 0 Å². The van der Waals surface area contributed by atoms with E-state index in [1.807, 2.05) is 32.0 Å². The van der Waals surface area contributed by atoms with Gasteiger partial charge in [0.15, 0.2) is 0 Å². The molecule has 1 N–H and O–H groups in total. The zero-order valence-corrected chi connectivity index (χ0v) is 9.16. The highest BCUT2D eigenvalue weighted by atomic mass is 16.5. The topological polar surface area (TPSA) is 37.9 Å². The molecule has 3 heteroatoms. The molecule has 0 fully saturated rings. The molecule has 2 rings (SSSR count). The zero-order chi connectivity index (χ0) is 10.8. The summed E-state index contributed by atoms with van der Waals surface area (Å²) >= 11 is 0. The van der Waals surface area contributed by atoms with E-state index in [4.69, 9.17) is 4.74 Å². The van der Waals surface area contributed by atoms with Crippen molar-refractivity contribution in [3.8, 4) is 17.0 Å². The van der Waals surface area contributed by atoms with E-state index in [1.165, 1.54) is 0 Å². The molecule has 0 bridgehead atoms. The molecule has 0 radical (unpaired) electrons. The molecule has 0 unspecified atom stereocenters. The van der Waals surface area contributed by atoms with Crippen LogP contribution in [0, 0.1) is 13.8 Å². The fraction of sp³-hybridized carbons (Fsp3) is 0.250. The molecular formula is C12H14N2O.